The van der Waals surface area contributed by atoms with E-state index in [0.29, 0.717) is 0 Å². The number of halogens is 2. The summed E-state index contributed by atoms with van der Waals surface area (Å²) in [6.07, 6.45) is 0. The Morgan fingerprint density at radius 2 is 2.07 bits per heavy atom. The van der Waals surface area contributed by atoms with Gasteiger partial charge in [-0.05, 0) is 25.1 Å². The molecule has 0 saturated carbocycles. The van der Waals surface area contributed by atoms with Crippen molar-refractivity contribution >= 4 is 22.8 Å². The second kappa shape index (κ2) is 4.19. The number of carbonyl (C=O) groups excluding carboxylic acids is 2. The van der Waals surface area contributed by atoms with Gasteiger partial charge in [-0.2, -0.15) is 0 Å². The highest BCUT2D eigenvalue weighted by Gasteiger charge is 2.09. The van der Waals surface area contributed by atoms with Crippen molar-refractivity contribution in [3.05, 3.63) is 29.6 Å². The monoisotopic (exact) mass is 216 g/mol. The molecule has 74 valence electrons. The first-order valence-electron chi connectivity index (χ1n) is 3.68. The maximum atomic E-state index is 12.9. The Morgan fingerprint density at radius 3 is 2.57 bits per heavy atom. The summed E-state index contributed by atoms with van der Waals surface area (Å²) in [7, 11) is 0. The third-order valence-electron chi connectivity index (χ3n) is 1.53. The van der Waals surface area contributed by atoms with Gasteiger partial charge in [0.25, 0.3) is 0 Å². The summed E-state index contributed by atoms with van der Waals surface area (Å²) in [4.78, 5) is 21.2. The van der Waals surface area contributed by atoms with Crippen LogP contribution in [0, 0.1) is 5.82 Å². The van der Waals surface area contributed by atoms with Crippen LogP contribution in [0.15, 0.2) is 18.2 Å². The fourth-order valence-electron chi connectivity index (χ4n) is 0.887. The normalized spacial score (nSPS) is 9.64. The molecule has 3 nitrogen and oxygen atoms in total. The standard InChI is InChI=1S/C9H6ClFO3/c1-5(12)6-2-3-7(11)8(4-6)14-9(10)13/h2-4H,1H3. The van der Waals surface area contributed by atoms with Crippen LogP contribution in [0.3, 0.4) is 0 Å². The van der Waals surface area contributed by atoms with E-state index in [4.69, 9.17) is 11.6 Å². The van der Waals surface area contributed by atoms with Gasteiger partial charge in [-0.25, -0.2) is 9.18 Å². The number of benzene rings is 1. The summed E-state index contributed by atoms with van der Waals surface area (Å²) in [5, 5.41) is 0. The molecule has 0 heterocycles. The highest BCUT2D eigenvalue weighted by Crippen LogP contribution is 2.19. The molecule has 0 fully saturated rings. The first kappa shape index (κ1) is 10.7. The molecule has 0 aliphatic carbocycles. The lowest BCUT2D eigenvalue weighted by molar-refractivity contribution is 0.101. The largest absolute Gasteiger partial charge is 0.411 e. The van der Waals surface area contributed by atoms with Gasteiger partial charge in [0.1, 0.15) is 0 Å². The molecule has 0 aliphatic heterocycles. The highest BCUT2D eigenvalue weighted by molar-refractivity contribution is 6.61. The molecule has 0 bridgehead atoms. The van der Waals surface area contributed by atoms with Crippen molar-refractivity contribution in [2.45, 2.75) is 6.92 Å². The van der Waals surface area contributed by atoms with Gasteiger partial charge in [-0.15, -0.1) is 0 Å². The maximum Gasteiger partial charge on any atom is 0.409 e. The molecule has 1 rings (SSSR count). The molecule has 0 spiro atoms. The summed E-state index contributed by atoms with van der Waals surface area (Å²) in [5.74, 6) is -1.35. The van der Waals surface area contributed by atoms with Crippen LogP contribution in [0.1, 0.15) is 17.3 Å². The van der Waals surface area contributed by atoms with E-state index in [0.717, 1.165) is 12.1 Å². The highest BCUT2D eigenvalue weighted by atomic mass is 35.5. The van der Waals surface area contributed by atoms with Crippen molar-refractivity contribution in [2.75, 3.05) is 0 Å². The SMILES string of the molecule is CC(=O)c1ccc(F)c(OC(=O)Cl)c1. The van der Waals surface area contributed by atoms with Crippen LogP contribution in [-0.2, 0) is 0 Å². The van der Waals surface area contributed by atoms with Gasteiger partial charge in [0.2, 0.25) is 0 Å². The van der Waals surface area contributed by atoms with Crippen molar-refractivity contribution in [3.63, 3.8) is 0 Å². The Kier molecular flexibility index (Phi) is 3.19. The molecule has 1 aromatic rings. The van der Waals surface area contributed by atoms with Crippen LogP contribution >= 0.6 is 11.6 Å². The second-order valence-corrected chi connectivity index (χ2v) is 2.85. The lowest BCUT2D eigenvalue weighted by atomic mass is 10.1. The molecule has 0 atom stereocenters. The van der Waals surface area contributed by atoms with Crippen LogP contribution in [-0.4, -0.2) is 11.2 Å². The fraction of sp³-hybridized carbons (Fsp3) is 0.111. The summed E-state index contributed by atoms with van der Waals surface area (Å²) in [6.45, 7) is 1.32. The molecule has 14 heavy (non-hydrogen) atoms. The smallest absolute Gasteiger partial charge is 0.409 e. The van der Waals surface area contributed by atoms with E-state index < -0.39 is 11.2 Å². The Morgan fingerprint density at radius 1 is 1.43 bits per heavy atom. The van der Waals surface area contributed by atoms with Crippen molar-refractivity contribution in [1.29, 1.82) is 0 Å². The van der Waals surface area contributed by atoms with Gasteiger partial charge in [-0.1, -0.05) is 0 Å². The topological polar surface area (TPSA) is 43.4 Å². The zero-order valence-corrected chi connectivity index (χ0v) is 7.97. The van der Waals surface area contributed by atoms with E-state index in [9.17, 15) is 14.0 Å². The average molecular weight is 217 g/mol. The van der Waals surface area contributed by atoms with E-state index in [1.165, 1.54) is 13.0 Å². The fourth-order valence-corrected chi connectivity index (χ4v) is 0.970. The minimum Gasteiger partial charge on any atom is -0.411 e. The Labute approximate surface area is 84.4 Å². The van der Waals surface area contributed by atoms with Gasteiger partial charge in [0.15, 0.2) is 17.3 Å². The third kappa shape index (κ3) is 2.53. The van der Waals surface area contributed by atoms with E-state index in [2.05, 4.69) is 4.74 Å². The lowest BCUT2D eigenvalue weighted by Crippen LogP contribution is -2.01. The first-order chi connectivity index (χ1) is 6.50. The zero-order chi connectivity index (χ0) is 10.7. The summed E-state index contributed by atoms with van der Waals surface area (Å²) < 4.78 is 17.3. The Balaban J connectivity index is 3.08. The second-order valence-electron chi connectivity index (χ2n) is 2.54. The number of rotatable bonds is 2. The zero-order valence-electron chi connectivity index (χ0n) is 7.21. The molecular weight excluding hydrogens is 211 g/mol. The van der Waals surface area contributed by atoms with Crippen LogP contribution in [0.2, 0.25) is 0 Å². The molecule has 0 unspecified atom stereocenters. The van der Waals surface area contributed by atoms with Crippen LogP contribution in [0.4, 0.5) is 9.18 Å². The number of Topliss-reactive ketones (excluding diaryl/α,β-unsaturated/α-hetero) is 1. The van der Waals surface area contributed by atoms with Crippen molar-refractivity contribution in [1.82, 2.24) is 0 Å². The maximum absolute atomic E-state index is 12.9. The summed E-state index contributed by atoms with van der Waals surface area (Å²) >= 11 is 4.90. The molecule has 0 saturated heterocycles. The minimum atomic E-state index is -1.15. The number of hydrogen-bond donors (Lipinski definition) is 0. The van der Waals surface area contributed by atoms with E-state index >= 15 is 0 Å². The summed E-state index contributed by atoms with van der Waals surface area (Å²) in [6, 6.07) is 3.45. The predicted molar refractivity (Wildman–Crippen MR) is 48.3 cm³/mol. The van der Waals surface area contributed by atoms with Crippen LogP contribution in [0.5, 0.6) is 5.75 Å². The van der Waals surface area contributed by atoms with E-state index in [-0.39, 0.29) is 17.1 Å². The van der Waals surface area contributed by atoms with Gasteiger partial charge >= 0.3 is 5.43 Å². The Hall–Kier alpha value is -1.42. The molecule has 0 radical (unpaired) electrons. The molecule has 0 N–H and O–H groups in total. The van der Waals surface area contributed by atoms with Crippen molar-refractivity contribution in [3.8, 4) is 5.75 Å². The minimum absolute atomic E-state index is 0.249. The van der Waals surface area contributed by atoms with Crippen molar-refractivity contribution < 1.29 is 18.7 Å². The van der Waals surface area contributed by atoms with Gasteiger partial charge in [0, 0.05) is 17.2 Å². The predicted octanol–water partition coefficient (Wildman–Crippen LogP) is 2.77. The van der Waals surface area contributed by atoms with Gasteiger partial charge in [-0.3, -0.25) is 4.79 Å². The van der Waals surface area contributed by atoms with Gasteiger partial charge in [0.05, 0.1) is 0 Å². The van der Waals surface area contributed by atoms with E-state index in [1.807, 2.05) is 0 Å². The van der Waals surface area contributed by atoms with Gasteiger partial charge < -0.3 is 4.74 Å². The third-order valence-corrected chi connectivity index (χ3v) is 1.61. The number of ketones is 1. The van der Waals surface area contributed by atoms with Crippen molar-refractivity contribution in [2.24, 2.45) is 0 Å². The van der Waals surface area contributed by atoms with Crippen LogP contribution in [0.25, 0.3) is 0 Å². The van der Waals surface area contributed by atoms with Crippen LogP contribution < -0.4 is 4.74 Å². The molecule has 0 amide bonds. The molecular formula is C9H6ClFO3. The molecule has 0 aromatic heterocycles. The number of carbonyl (C=O) groups is 2. The number of ether oxygens (including phenoxy) is 1. The quantitative estimate of drug-likeness (QED) is 0.564. The number of hydrogen-bond acceptors (Lipinski definition) is 3. The average Bonchev–Trinajstić information content (AvgIpc) is 2.07. The Bertz CT molecular complexity index is 390. The summed E-state index contributed by atoms with van der Waals surface area (Å²) in [5.41, 5.74) is -0.899. The molecule has 0 aliphatic rings. The molecule has 1 aromatic carbocycles. The lowest BCUT2D eigenvalue weighted by Gasteiger charge is -2.02. The molecule has 5 heteroatoms. The first-order valence-corrected chi connectivity index (χ1v) is 4.06. The van der Waals surface area contributed by atoms with E-state index in [1.54, 1.807) is 0 Å².